The molecule has 236 valence electrons. The summed E-state index contributed by atoms with van der Waals surface area (Å²) in [7, 11) is 1.38. The fourth-order valence-electron chi connectivity index (χ4n) is 4.41. The molecule has 0 bridgehead atoms. The third-order valence-corrected chi connectivity index (χ3v) is 7.03. The van der Waals surface area contributed by atoms with E-state index in [1.165, 1.54) is 37.5 Å². The lowest BCUT2D eigenvalue weighted by Crippen LogP contribution is -2.54. The topological polar surface area (TPSA) is 132 Å². The Kier molecular flexibility index (Phi) is 10.7. The van der Waals surface area contributed by atoms with Crippen molar-refractivity contribution in [1.29, 1.82) is 0 Å². The van der Waals surface area contributed by atoms with Gasteiger partial charge in [-0.05, 0) is 86.4 Å². The van der Waals surface area contributed by atoms with Crippen LogP contribution in [0.25, 0.3) is 6.08 Å². The van der Waals surface area contributed by atoms with Crippen LogP contribution in [0.4, 0.5) is 16.2 Å². The van der Waals surface area contributed by atoms with Crippen molar-refractivity contribution in [2.24, 2.45) is 0 Å². The van der Waals surface area contributed by atoms with Gasteiger partial charge in [-0.1, -0.05) is 24.6 Å². The van der Waals surface area contributed by atoms with Crippen molar-refractivity contribution in [2.45, 2.75) is 34.1 Å². The number of urea groups is 1. The number of aryl methyl sites for hydroxylation is 2. The first-order chi connectivity index (χ1) is 21.6. The normalized spacial score (nSPS) is 13.9. The van der Waals surface area contributed by atoms with Crippen molar-refractivity contribution in [3.05, 3.63) is 75.8 Å². The SMILES string of the molecule is CCCOc1ccc(N2C(=O)NC(=O)/C(=C\c3cc(Cl)c(OCC(=O)Nc4ccc(C)c(C)c4)c(OC)c3)C2=O)cc1OCC. The Morgan fingerprint density at radius 2 is 1.71 bits per heavy atom. The van der Waals surface area contributed by atoms with Gasteiger partial charge in [0, 0.05) is 11.8 Å². The molecule has 3 aromatic rings. The number of nitrogens with one attached hydrogen (secondary N) is 2. The van der Waals surface area contributed by atoms with Gasteiger partial charge in [0.15, 0.2) is 29.6 Å². The number of methoxy groups -OCH3 is 1. The molecule has 1 heterocycles. The lowest BCUT2D eigenvalue weighted by Gasteiger charge is -2.27. The van der Waals surface area contributed by atoms with E-state index in [9.17, 15) is 19.2 Å². The minimum Gasteiger partial charge on any atom is -0.493 e. The van der Waals surface area contributed by atoms with Gasteiger partial charge in [0.05, 0.1) is 31.0 Å². The molecular formula is C33H34ClN3O8. The van der Waals surface area contributed by atoms with E-state index >= 15 is 0 Å². The maximum atomic E-state index is 13.5. The van der Waals surface area contributed by atoms with Crippen LogP contribution in [0.1, 0.15) is 37.0 Å². The lowest BCUT2D eigenvalue weighted by atomic mass is 10.1. The molecule has 12 heteroatoms. The number of imide groups is 2. The Balaban J connectivity index is 1.56. The average Bonchev–Trinajstić information content (AvgIpc) is 3.00. The summed E-state index contributed by atoms with van der Waals surface area (Å²) >= 11 is 6.49. The predicted octanol–water partition coefficient (Wildman–Crippen LogP) is 5.84. The molecule has 1 saturated heterocycles. The van der Waals surface area contributed by atoms with Gasteiger partial charge in [-0.25, -0.2) is 9.69 Å². The van der Waals surface area contributed by atoms with Crippen LogP contribution in [0.5, 0.6) is 23.0 Å². The highest BCUT2D eigenvalue weighted by Crippen LogP contribution is 2.38. The van der Waals surface area contributed by atoms with E-state index in [1.54, 1.807) is 19.1 Å². The standard InChI is InChI=1S/C33H34ClN3O8/c1-6-12-44-26-11-10-23(17-27(26)43-7-2)37-32(40)24(31(39)36-33(37)41)14-21-15-25(34)30(28(16-21)42-5)45-18-29(38)35-22-9-8-19(3)20(4)13-22/h8-11,13-17H,6-7,12,18H2,1-5H3,(H,35,38)(H,36,39,41)/b24-14+. The molecule has 4 rings (SSSR count). The summed E-state index contributed by atoms with van der Waals surface area (Å²) in [5.41, 5.74) is 2.94. The van der Waals surface area contributed by atoms with Crippen LogP contribution in [0.3, 0.4) is 0 Å². The molecule has 1 aliphatic heterocycles. The second-order valence-corrected chi connectivity index (χ2v) is 10.4. The first kappa shape index (κ1) is 32.9. The highest BCUT2D eigenvalue weighted by molar-refractivity contribution is 6.39. The number of barbiturate groups is 1. The first-order valence-electron chi connectivity index (χ1n) is 14.2. The third-order valence-electron chi connectivity index (χ3n) is 6.75. The molecule has 45 heavy (non-hydrogen) atoms. The Morgan fingerprint density at radius 1 is 0.933 bits per heavy atom. The number of ether oxygens (including phenoxy) is 4. The van der Waals surface area contributed by atoms with Gasteiger partial charge >= 0.3 is 6.03 Å². The summed E-state index contributed by atoms with van der Waals surface area (Å²) in [6.07, 6.45) is 2.06. The van der Waals surface area contributed by atoms with Crippen molar-refractivity contribution in [3.8, 4) is 23.0 Å². The smallest absolute Gasteiger partial charge is 0.335 e. The zero-order valence-corrected chi connectivity index (χ0v) is 26.4. The lowest BCUT2D eigenvalue weighted by molar-refractivity contribution is -0.122. The number of rotatable bonds is 12. The van der Waals surface area contributed by atoms with E-state index in [-0.39, 0.29) is 34.4 Å². The zero-order chi connectivity index (χ0) is 32.7. The number of anilines is 2. The summed E-state index contributed by atoms with van der Waals surface area (Å²) in [6.45, 7) is 8.12. The van der Waals surface area contributed by atoms with Gasteiger partial charge in [0.1, 0.15) is 5.57 Å². The monoisotopic (exact) mass is 635 g/mol. The van der Waals surface area contributed by atoms with E-state index in [2.05, 4.69) is 10.6 Å². The molecule has 0 atom stereocenters. The predicted molar refractivity (Wildman–Crippen MR) is 170 cm³/mol. The van der Waals surface area contributed by atoms with Crippen LogP contribution >= 0.6 is 11.6 Å². The van der Waals surface area contributed by atoms with Crippen molar-refractivity contribution in [3.63, 3.8) is 0 Å². The van der Waals surface area contributed by atoms with Crippen molar-refractivity contribution < 1.29 is 38.1 Å². The van der Waals surface area contributed by atoms with Crippen LogP contribution in [-0.2, 0) is 14.4 Å². The molecule has 3 aromatic carbocycles. The fourth-order valence-corrected chi connectivity index (χ4v) is 4.68. The molecular weight excluding hydrogens is 602 g/mol. The molecule has 0 saturated carbocycles. The van der Waals surface area contributed by atoms with Crippen molar-refractivity contribution >= 4 is 52.8 Å². The fraction of sp³-hybridized carbons (Fsp3) is 0.273. The quantitative estimate of drug-likeness (QED) is 0.187. The van der Waals surface area contributed by atoms with Gasteiger partial charge in [0.2, 0.25) is 0 Å². The molecule has 0 radical (unpaired) electrons. The summed E-state index contributed by atoms with van der Waals surface area (Å²) in [4.78, 5) is 52.5. The minimum atomic E-state index is -0.912. The zero-order valence-electron chi connectivity index (χ0n) is 25.6. The van der Waals surface area contributed by atoms with Gasteiger partial charge in [-0.2, -0.15) is 0 Å². The van der Waals surface area contributed by atoms with Crippen LogP contribution in [0.15, 0.2) is 54.1 Å². The Bertz CT molecular complexity index is 1670. The largest absolute Gasteiger partial charge is 0.493 e. The molecule has 1 fully saturated rings. The molecule has 0 aromatic heterocycles. The average molecular weight is 636 g/mol. The van der Waals surface area contributed by atoms with Crippen LogP contribution in [0, 0.1) is 13.8 Å². The van der Waals surface area contributed by atoms with E-state index < -0.39 is 23.8 Å². The summed E-state index contributed by atoms with van der Waals surface area (Å²) in [5.74, 6) is -1.07. The Morgan fingerprint density at radius 3 is 2.40 bits per heavy atom. The number of carbonyl (C=O) groups excluding carboxylic acids is 4. The maximum absolute atomic E-state index is 13.5. The summed E-state index contributed by atoms with van der Waals surface area (Å²) in [5, 5.41) is 5.04. The summed E-state index contributed by atoms with van der Waals surface area (Å²) in [6, 6.07) is 12.2. The summed E-state index contributed by atoms with van der Waals surface area (Å²) < 4.78 is 22.5. The van der Waals surface area contributed by atoms with Crippen LogP contribution in [-0.4, -0.2) is 50.7 Å². The van der Waals surface area contributed by atoms with Gasteiger partial charge in [0.25, 0.3) is 17.7 Å². The van der Waals surface area contributed by atoms with E-state index in [0.717, 1.165) is 22.4 Å². The molecule has 1 aliphatic rings. The van der Waals surface area contributed by atoms with Crippen molar-refractivity contribution in [2.75, 3.05) is 37.1 Å². The van der Waals surface area contributed by atoms with Gasteiger partial charge in [-0.15, -0.1) is 0 Å². The molecule has 0 unspecified atom stereocenters. The Labute approximate surface area is 266 Å². The minimum absolute atomic E-state index is 0.0702. The number of nitrogens with zero attached hydrogens (tertiary/aromatic N) is 1. The number of benzene rings is 3. The van der Waals surface area contributed by atoms with E-state index in [1.807, 2.05) is 32.9 Å². The molecule has 11 nitrogen and oxygen atoms in total. The van der Waals surface area contributed by atoms with E-state index in [0.29, 0.717) is 36.0 Å². The maximum Gasteiger partial charge on any atom is 0.335 e. The number of amides is 5. The molecule has 2 N–H and O–H groups in total. The van der Waals surface area contributed by atoms with Crippen molar-refractivity contribution in [1.82, 2.24) is 5.32 Å². The molecule has 0 aliphatic carbocycles. The Hall–Kier alpha value is -5.03. The number of hydrogen-bond donors (Lipinski definition) is 2. The number of hydrogen-bond acceptors (Lipinski definition) is 8. The number of carbonyl (C=O) groups is 4. The van der Waals surface area contributed by atoms with Crippen LogP contribution in [0.2, 0.25) is 5.02 Å². The second kappa shape index (κ2) is 14.6. The highest BCUT2D eigenvalue weighted by atomic mass is 35.5. The van der Waals surface area contributed by atoms with Crippen LogP contribution < -0.4 is 34.5 Å². The van der Waals surface area contributed by atoms with Gasteiger partial charge in [-0.3, -0.25) is 19.7 Å². The highest BCUT2D eigenvalue weighted by Gasteiger charge is 2.37. The van der Waals surface area contributed by atoms with Gasteiger partial charge < -0.3 is 24.3 Å². The molecule has 5 amide bonds. The molecule has 0 spiro atoms. The third kappa shape index (κ3) is 7.74. The second-order valence-electron chi connectivity index (χ2n) is 10.0. The number of halogens is 1. The first-order valence-corrected chi connectivity index (χ1v) is 14.6. The van der Waals surface area contributed by atoms with E-state index in [4.69, 9.17) is 30.5 Å².